The number of carboxylic acids is 1. The molecule has 0 spiro atoms. The molecule has 2 rings (SSSR count). The monoisotopic (exact) mass is 295 g/mol. The molecular weight excluding hydrogens is 270 g/mol. The summed E-state index contributed by atoms with van der Waals surface area (Å²) in [5.41, 5.74) is 0.531. The molecule has 2 unspecified atom stereocenters. The van der Waals surface area contributed by atoms with E-state index in [1.165, 1.54) is 0 Å². The Bertz CT molecular complexity index is 489. The van der Waals surface area contributed by atoms with Crippen molar-refractivity contribution >= 4 is 17.3 Å². The lowest BCUT2D eigenvalue weighted by Crippen LogP contribution is -2.30. The standard InChI is InChI=1S/C16H25NO2S/c1-5-11-6-7-16(8-11,14(18)19)9-13-17-12(10-20-13)15(2,3)4/h10-11H,5-9H2,1-4H3,(H,18,19). The van der Waals surface area contributed by atoms with Crippen LogP contribution in [-0.2, 0) is 16.6 Å². The third kappa shape index (κ3) is 3.05. The van der Waals surface area contributed by atoms with E-state index in [9.17, 15) is 9.90 Å². The highest BCUT2D eigenvalue weighted by molar-refractivity contribution is 7.09. The smallest absolute Gasteiger partial charge is 0.310 e. The largest absolute Gasteiger partial charge is 0.481 e. The normalized spacial score (nSPS) is 26.9. The van der Waals surface area contributed by atoms with Gasteiger partial charge in [-0.05, 0) is 25.2 Å². The topological polar surface area (TPSA) is 50.2 Å². The Kier molecular flexibility index (Phi) is 4.24. The molecule has 20 heavy (non-hydrogen) atoms. The Morgan fingerprint density at radius 2 is 2.25 bits per heavy atom. The van der Waals surface area contributed by atoms with Crippen molar-refractivity contribution in [2.24, 2.45) is 11.3 Å². The van der Waals surface area contributed by atoms with Gasteiger partial charge in [0.1, 0.15) is 0 Å². The molecule has 0 saturated heterocycles. The molecule has 1 aromatic heterocycles. The van der Waals surface area contributed by atoms with E-state index in [4.69, 9.17) is 0 Å². The number of carbonyl (C=O) groups is 1. The first-order chi connectivity index (χ1) is 9.27. The molecule has 0 aromatic carbocycles. The van der Waals surface area contributed by atoms with E-state index in [-0.39, 0.29) is 5.41 Å². The summed E-state index contributed by atoms with van der Waals surface area (Å²) in [6.45, 7) is 8.58. The molecule has 0 radical (unpaired) electrons. The fourth-order valence-electron chi connectivity index (χ4n) is 3.04. The zero-order chi connectivity index (χ0) is 15.0. The second kappa shape index (κ2) is 5.47. The molecule has 2 atom stereocenters. The lowest BCUT2D eigenvalue weighted by Gasteiger charge is -2.23. The van der Waals surface area contributed by atoms with E-state index in [2.05, 4.69) is 38.1 Å². The van der Waals surface area contributed by atoms with Crippen LogP contribution in [0.4, 0.5) is 0 Å². The highest BCUT2D eigenvalue weighted by Crippen LogP contribution is 2.46. The summed E-state index contributed by atoms with van der Waals surface area (Å²) < 4.78 is 0. The molecule has 1 aliphatic carbocycles. The van der Waals surface area contributed by atoms with E-state index in [1.807, 2.05) is 0 Å². The van der Waals surface area contributed by atoms with Gasteiger partial charge >= 0.3 is 5.97 Å². The van der Waals surface area contributed by atoms with Gasteiger partial charge < -0.3 is 5.11 Å². The molecule has 1 heterocycles. The summed E-state index contributed by atoms with van der Waals surface area (Å²) >= 11 is 1.61. The number of rotatable bonds is 4. The fourth-order valence-corrected chi connectivity index (χ4v) is 4.21. The van der Waals surface area contributed by atoms with Crippen molar-refractivity contribution in [1.29, 1.82) is 0 Å². The second-order valence-electron chi connectivity index (χ2n) is 7.16. The van der Waals surface area contributed by atoms with Gasteiger partial charge in [0.25, 0.3) is 0 Å². The summed E-state index contributed by atoms with van der Waals surface area (Å²) in [4.78, 5) is 16.4. The zero-order valence-electron chi connectivity index (χ0n) is 12.9. The second-order valence-corrected chi connectivity index (χ2v) is 8.10. The van der Waals surface area contributed by atoms with Crippen LogP contribution in [0.2, 0.25) is 0 Å². The molecule has 1 saturated carbocycles. The molecule has 0 amide bonds. The number of hydrogen-bond donors (Lipinski definition) is 1. The molecule has 1 aromatic rings. The van der Waals surface area contributed by atoms with Crippen LogP contribution in [0, 0.1) is 11.3 Å². The summed E-state index contributed by atoms with van der Waals surface area (Å²) in [5, 5.41) is 12.7. The van der Waals surface area contributed by atoms with Gasteiger partial charge in [-0.1, -0.05) is 34.1 Å². The van der Waals surface area contributed by atoms with Crippen molar-refractivity contribution < 1.29 is 9.90 Å². The molecule has 0 aliphatic heterocycles. The van der Waals surface area contributed by atoms with Gasteiger partial charge in [-0.2, -0.15) is 0 Å². The number of nitrogens with zero attached hydrogens (tertiary/aromatic N) is 1. The Balaban J connectivity index is 2.18. The minimum absolute atomic E-state index is 0.0345. The molecule has 4 heteroatoms. The molecule has 1 fully saturated rings. The predicted molar refractivity (Wildman–Crippen MR) is 82.2 cm³/mol. The van der Waals surface area contributed by atoms with Crippen molar-refractivity contribution in [3.8, 4) is 0 Å². The van der Waals surface area contributed by atoms with Crippen LogP contribution >= 0.6 is 11.3 Å². The van der Waals surface area contributed by atoms with Gasteiger partial charge in [0.2, 0.25) is 0 Å². The van der Waals surface area contributed by atoms with Gasteiger partial charge in [0.05, 0.1) is 16.1 Å². The van der Waals surface area contributed by atoms with E-state index in [0.717, 1.165) is 36.4 Å². The fraction of sp³-hybridized carbons (Fsp3) is 0.750. The molecule has 0 bridgehead atoms. The first-order valence-electron chi connectivity index (χ1n) is 7.45. The van der Waals surface area contributed by atoms with Crippen molar-refractivity contribution in [3.63, 3.8) is 0 Å². The maximum absolute atomic E-state index is 11.8. The van der Waals surface area contributed by atoms with Crippen molar-refractivity contribution in [3.05, 3.63) is 16.1 Å². The van der Waals surface area contributed by atoms with E-state index in [1.54, 1.807) is 11.3 Å². The van der Waals surface area contributed by atoms with Gasteiger partial charge in [-0.3, -0.25) is 4.79 Å². The average Bonchev–Trinajstić information content (AvgIpc) is 2.96. The minimum atomic E-state index is -0.638. The Labute approximate surface area is 125 Å². The maximum atomic E-state index is 11.8. The maximum Gasteiger partial charge on any atom is 0.310 e. The van der Waals surface area contributed by atoms with Crippen LogP contribution in [-0.4, -0.2) is 16.1 Å². The molecular formula is C16H25NO2S. The third-order valence-corrected chi connectivity index (χ3v) is 5.40. The van der Waals surface area contributed by atoms with Crippen LogP contribution in [0.1, 0.15) is 64.1 Å². The highest BCUT2D eigenvalue weighted by Gasteiger charge is 2.45. The number of thiazole rings is 1. The van der Waals surface area contributed by atoms with Crippen molar-refractivity contribution in [1.82, 2.24) is 4.98 Å². The quantitative estimate of drug-likeness (QED) is 0.902. The molecule has 1 aliphatic rings. The van der Waals surface area contributed by atoms with Crippen LogP contribution < -0.4 is 0 Å². The third-order valence-electron chi connectivity index (χ3n) is 4.55. The first-order valence-corrected chi connectivity index (χ1v) is 8.33. The van der Waals surface area contributed by atoms with Crippen LogP contribution in [0.3, 0.4) is 0 Å². The summed E-state index contributed by atoms with van der Waals surface area (Å²) in [7, 11) is 0. The van der Waals surface area contributed by atoms with E-state index < -0.39 is 11.4 Å². The summed E-state index contributed by atoms with van der Waals surface area (Å²) in [5.74, 6) is -0.0749. The summed E-state index contributed by atoms with van der Waals surface area (Å²) in [6, 6.07) is 0. The lowest BCUT2D eigenvalue weighted by molar-refractivity contribution is -0.148. The van der Waals surface area contributed by atoms with E-state index in [0.29, 0.717) is 12.3 Å². The highest BCUT2D eigenvalue weighted by atomic mass is 32.1. The molecule has 112 valence electrons. The van der Waals surface area contributed by atoms with Crippen molar-refractivity contribution in [2.45, 2.75) is 65.2 Å². The number of carboxylic acid groups (broad SMARTS) is 1. The molecule has 1 N–H and O–H groups in total. The Morgan fingerprint density at radius 1 is 1.55 bits per heavy atom. The van der Waals surface area contributed by atoms with Gasteiger partial charge in [-0.15, -0.1) is 11.3 Å². The van der Waals surface area contributed by atoms with Gasteiger partial charge in [-0.25, -0.2) is 4.98 Å². The first kappa shape index (κ1) is 15.5. The zero-order valence-corrected chi connectivity index (χ0v) is 13.7. The summed E-state index contributed by atoms with van der Waals surface area (Å²) in [6.07, 6.45) is 4.33. The van der Waals surface area contributed by atoms with Crippen LogP contribution in [0.15, 0.2) is 5.38 Å². The minimum Gasteiger partial charge on any atom is -0.481 e. The van der Waals surface area contributed by atoms with Gasteiger partial charge in [0, 0.05) is 17.2 Å². The Morgan fingerprint density at radius 3 is 2.70 bits per heavy atom. The number of aliphatic carboxylic acids is 1. The SMILES string of the molecule is CCC1CCC(Cc2nc(C(C)(C)C)cs2)(C(=O)O)C1. The molecule has 3 nitrogen and oxygen atoms in total. The number of aromatic nitrogens is 1. The van der Waals surface area contributed by atoms with Crippen LogP contribution in [0.5, 0.6) is 0 Å². The average molecular weight is 295 g/mol. The number of hydrogen-bond acceptors (Lipinski definition) is 3. The Hall–Kier alpha value is -0.900. The van der Waals surface area contributed by atoms with E-state index >= 15 is 0 Å². The van der Waals surface area contributed by atoms with Crippen molar-refractivity contribution in [2.75, 3.05) is 0 Å². The lowest BCUT2D eigenvalue weighted by atomic mass is 9.82. The predicted octanol–water partition coefficient (Wildman–Crippen LogP) is 4.26. The van der Waals surface area contributed by atoms with Crippen LogP contribution in [0.25, 0.3) is 0 Å². The van der Waals surface area contributed by atoms with Gasteiger partial charge in [0.15, 0.2) is 0 Å².